The van der Waals surface area contributed by atoms with Crippen LogP contribution in [0.15, 0.2) is 44.4 Å². The molecule has 0 atom stereocenters. The molecule has 0 bridgehead atoms. The molecule has 2 heterocycles. The Morgan fingerprint density at radius 1 is 1.28 bits per heavy atom. The molecule has 0 radical (unpaired) electrons. The third-order valence-corrected chi connectivity index (χ3v) is 3.97. The topological polar surface area (TPSA) is 33.5 Å². The third kappa shape index (κ3) is 1.64. The molecule has 1 aliphatic rings. The van der Waals surface area contributed by atoms with Gasteiger partial charge in [0.1, 0.15) is 10.5 Å². The van der Waals surface area contributed by atoms with E-state index in [-0.39, 0.29) is 5.43 Å². The van der Waals surface area contributed by atoms with Gasteiger partial charge in [0.25, 0.3) is 0 Å². The second-order valence-electron chi connectivity index (χ2n) is 4.38. The summed E-state index contributed by atoms with van der Waals surface area (Å²) in [4.78, 5) is 15.1. The van der Waals surface area contributed by atoms with Crippen molar-refractivity contribution in [3.8, 4) is 0 Å². The molecule has 0 amide bonds. The Bertz CT molecular complexity index is 700. The molecule has 1 aromatic heterocycles. The maximum absolute atomic E-state index is 12.4. The highest BCUT2D eigenvalue weighted by Crippen LogP contribution is 2.33. The van der Waals surface area contributed by atoms with Gasteiger partial charge in [-0.3, -0.25) is 4.79 Å². The minimum atomic E-state index is 0.0734. The van der Waals surface area contributed by atoms with Crippen LogP contribution in [0.5, 0.6) is 0 Å². The van der Waals surface area contributed by atoms with E-state index in [0.717, 1.165) is 16.3 Å². The van der Waals surface area contributed by atoms with Crippen LogP contribution in [0.2, 0.25) is 0 Å². The molecular formula is C14H13NO2S. The summed E-state index contributed by atoms with van der Waals surface area (Å²) in [6.07, 6.45) is 2.09. The van der Waals surface area contributed by atoms with Gasteiger partial charge in [0.2, 0.25) is 5.43 Å². The van der Waals surface area contributed by atoms with Crippen molar-refractivity contribution in [3.63, 3.8) is 0 Å². The summed E-state index contributed by atoms with van der Waals surface area (Å²) in [5.74, 6) is 1.50. The highest BCUT2D eigenvalue weighted by molar-refractivity contribution is 7.99. The Hall–Kier alpha value is -1.68. The molecule has 92 valence electrons. The van der Waals surface area contributed by atoms with Gasteiger partial charge in [-0.05, 0) is 18.2 Å². The Balaban J connectivity index is 2.37. The highest BCUT2D eigenvalue weighted by atomic mass is 32.2. The van der Waals surface area contributed by atoms with Crippen LogP contribution in [0.25, 0.3) is 16.7 Å². The molecule has 2 aromatic rings. The second-order valence-corrected chi connectivity index (χ2v) is 5.41. The predicted octanol–water partition coefficient (Wildman–Crippen LogP) is 2.80. The van der Waals surface area contributed by atoms with Gasteiger partial charge >= 0.3 is 0 Å². The van der Waals surface area contributed by atoms with Crippen molar-refractivity contribution in [1.82, 2.24) is 4.90 Å². The Kier molecular flexibility index (Phi) is 2.67. The average Bonchev–Trinajstić information content (AvgIpc) is 2.38. The van der Waals surface area contributed by atoms with Crippen LogP contribution < -0.4 is 5.43 Å². The number of thioether (sulfide) groups is 1. The first-order valence-electron chi connectivity index (χ1n) is 5.75. The summed E-state index contributed by atoms with van der Waals surface area (Å²) >= 11 is 1.54. The summed E-state index contributed by atoms with van der Waals surface area (Å²) in [6.45, 7) is 0. The number of nitrogens with zero attached hydrogens (tertiary/aromatic N) is 1. The van der Waals surface area contributed by atoms with E-state index in [2.05, 4.69) is 6.08 Å². The molecule has 3 nitrogen and oxygen atoms in total. The Morgan fingerprint density at radius 2 is 2.06 bits per heavy atom. The first-order chi connectivity index (χ1) is 8.68. The number of benzene rings is 1. The van der Waals surface area contributed by atoms with Crippen LogP contribution in [-0.2, 0) is 0 Å². The summed E-state index contributed by atoms with van der Waals surface area (Å²) < 4.78 is 5.91. The lowest BCUT2D eigenvalue weighted by Gasteiger charge is -2.21. The normalized spacial score (nSPS) is 14.2. The summed E-state index contributed by atoms with van der Waals surface area (Å²) in [5, 5.41) is 0.656. The lowest BCUT2D eigenvalue weighted by molar-refractivity contribution is 0.511. The number of hydrogen-bond donors (Lipinski definition) is 0. The van der Waals surface area contributed by atoms with Crippen molar-refractivity contribution in [2.45, 2.75) is 4.90 Å². The van der Waals surface area contributed by atoms with Gasteiger partial charge < -0.3 is 9.32 Å². The van der Waals surface area contributed by atoms with Crippen molar-refractivity contribution < 1.29 is 4.42 Å². The summed E-state index contributed by atoms with van der Waals surface area (Å²) in [6, 6.07) is 7.40. The average molecular weight is 259 g/mol. The second kappa shape index (κ2) is 4.21. The molecule has 0 unspecified atom stereocenters. The lowest BCUT2D eigenvalue weighted by Crippen LogP contribution is -2.17. The minimum absolute atomic E-state index is 0.0734. The smallest absolute Gasteiger partial charge is 0.206 e. The first kappa shape index (κ1) is 11.4. The molecule has 1 aliphatic heterocycles. The number of hydrogen-bond acceptors (Lipinski definition) is 4. The van der Waals surface area contributed by atoms with Crippen LogP contribution in [0.1, 0.15) is 5.76 Å². The van der Waals surface area contributed by atoms with E-state index in [1.807, 2.05) is 43.3 Å². The molecule has 0 saturated carbocycles. The molecule has 3 rings (SSSR count). The molecule has 0 saturated heterocycles. The van der Waals surface area contributed by atoms with Gasteiger partial charge in [-0.2, -0.15) is 0 Å². The van der Waals surface area contributed by atoms with E-state index >= 15 is 0 Å². The molecule has 4 heteroatoms. The zero-order chi connectivity index (χ0) is 12.7. The van der Waals surface area contributed by atoms with E-state index in [1.54, 1.807) is 11.8 Å². The van der Waals surface area contributed by atoms with Crippen molar-refractivity contribution in [3.05, 3.63) is 46.3 Å². The van der Waals surface area contributed by atoms with Gasteiger partial charge in [0, 0.05) is 19.8 Å². The van der Waals surface area contributed by atoms with Crippen LogP contribution in [0.4, 0.5) is 0 Å². The van der Waals surface area contributed by atoms with E-state index in [1.165, 1.54) is 0 Å². The van der Waals surface area contributed by atoms with Crippen LogP contribution in [0.3, 0.4) is 0 Å². The zero-order valence-corrected chi connectivity index (χ0v) is 11.1. The molecule has 18 heavy (non-hydrogen) atoms. The minimum Gasteiger partial charge on any atom is -0.453 e. The standard InChI is InChI=1S/C14H13NO2S/c1-15(2)10-7-8-18-14-12(16)9-5-3-4-6-11(9)17-13(10)14/h3-7H,8H2,1-2H3. The van der Waals surface area contributed by atoms with Crippen LogP contribution in [0, 0.1) is 0 Å². The molecule has 1 aromatic carbocycles. The number of rotatable bonds is 1. The Labute approximate surface area is 109 Å². The fraction of sp³-hybridized carbons (Fsp3) is 0.214. The van der Waals surface area contributed by atoms with Gasteiger partial charge in [0.05, 0.1) is 11.1 Å². The molecule has 0 spiro atoms. The van der Waals surface area contributed by atoms with Crippen LogP contribution >= 0.6 is 11.8 Å². The van der Waals surface area contributed by atoms with Crippen LogP contribution in [-0.4, -0.2) is 24.7 Å². The molecule has 0 aliphatic carbocycles. The van der Waals surface area contributed by atoms with Gasteiger partial charge in [-0.15, -0.1) is 11.8 Å². The summed E-state index contributed by atoms with van der Waals surface area (Å²) in [5.41, 5.74) is 1.70. The molecule has 0 fully saturated rings. The highest BCUT2D eigenvalue weighted by Gasteiger charge is 2.22. The van der Waals surface area contributed by atoms with Crippen molar-refractivity contribution in [1.29, 1.82) is 0 Å². The van der Waals surface area contributed by atoms with Crippen molar-refractivity contribution in [2.24, 2.45) is 0 Å². The molecule has 0 N–H and O–H groups in total. The maximum atomic E-state index is 12.4. The van der Waals surface area contributed by atoms with Gasteiger partial charge in [-0.25, -0.2) is 0 Å². The van der Waals surface area contributed by atoms with E-state index < -0.39 is 0 Å². The van der Waals surface area contributed by atoms with E-state index in [0.29, 0.717) is 16.7 Å². The third-order valence-electron chi connectivity index (χ3n) is 2.97. The maximum Gasteiger partial charge on any atom is 0.206 e. The largest absolute Gasteiger partial charge is 0.453 e. The SMILES string of the molecule is CN(C)C1=CCSc2c1oc1ccccc1c2=O. The van der Waals surface area contributed by atoms with Gasteiger partial charge in [-0.1, -0.05) is 12.1 Å². The monoisotopic (exact) mass is 259 g/mol. The van der Waals surface area contributed by atoms with E-state index in [9.17, 15) is 4.79 Å². The predicted molar refractivity (Wildman–Crippen MR) is 74.9 cm³/mol. The van der Waals surface area contributed by atoms with E-state index in [4.69, 9.17) is 4.42 Å². The lowest BCUT2D eigenvalue weighted by atomic mass is 10.2. The quantitative estimate of drug-likeness (QED) is 0.788. The summed E-state index contributed by atoms with van der Waals surface area (Å²) in [7, 11) is 3.92. The Morgan fingerprint density at radius 3 is 2.83 bits per heavy atom. The first-order valence-corrected chi connectivity index (χ1v) is 6.73. The van der Waals surface area contributed by atoms with Crippen molar-refractivity contribution in [2.75, 3.05) is 19.8 Å². The number of fused-ring (bicyclic) bond motifs is 2. The zero-order valence-electron chi connectivity index (χ0n) is 10.3. The molecular weight excluding hydrogens is 246 g/mol. The van der Waals surface area contributed by atoms with Crippen molar-refractivity contribution >= 4 is 28.4 Å². The number of para-hydroxylation sites is 1. The van der Waals surface area contributed by atoms with Gasteiger partial charge in [0.15, 0.2) is 5.76 Å². The fourth-order valence-electron chi connectivity index (χ4n) is 2.11. The fourth-order valence-corrected chi connectivity index (χ4v) is 3.03.